The van der Waals surface area contributed by atoms with Crippen LogP contribution in [0.5, 0.6) is 0 Å². The van der Waals surface area contributed by atoms with Crippen LogP contribution in [-0.2, 0) is 9.59 Å². The molecule has 1 aliphatic rings. The summed E-state index contributed by atoms with van der Waals surface area (Å²) >= 11 is 0. The van der Waals surface area contributed by atoms with E-state index in [2.05, 4.69) is 10.6 Å². The second kappa shape index (κ2) is 3.51. The molecule has 0 aliphatic carbocycles. The van der Waals surface area contributed by atoms with Gasteiger partial charge in [0.15, 0.2) is 0 Å². The van der Waals surface area contributed by atoms with Crippen molar-refractivity contribution in [2.75, 3.05) is 13.1 Å². The second-order valence-corrected chi connectivity index (χ2v) is 2.61. The van der Waals surface area contributed by atoms with E-state index in [1.807, 2.05) is 0 Å². The molecule has 0 spiro atoms. The molecular weight excluding hydrogens is 164 g/mol. The molecule has 6 heteroatoms. The maximum absolute atomic E-state index is 10.4. The fourth-order valence-corrected chi connectivity index (χ4v) is 1.05. The third kappa shape index (κ3) is 1.93. The topological polar surface area (TPSA) is 98.7 Å². The summed E-state index contributed by atoms with van der Waals surface area (Å²) in [5.74, 6) is -2.07. The molecule has 0 amide bonds. The SMILES string of the molecule is O=C(O)[C@@H]1CNC[C@@H](C(=O)O)N1. The molecule has 12 heavy (non-hydrogen) atoms. The first-order valence-electron chi connectivity index (χ1n) is 3.53. The van der Waals surface area contributed by atoms with E-state index in [-0.39, 0.29) is 13.1 Å². The molecule has 0 saturated carbocycles. The van der Waals surface area contributed by atoms with Gasteiger partial charge in [-0.1, -0.05) is 0 Å². The van der Waals surface area contributed by atoms with Gasteiger partial charge in [0.05, 0.1) is 0 Å². The summed E-state index contributed by atoms with van der Waals surface area (Å²) in [5, 5.41) is 22.3. The largest absolute Gasteiger partial charge is 0.480 e. The van der Waals surface area contributed by atoms with Crippen molar-refractivity contribution in [2.45, 2.75) is 12.1 Å². The average molecular weight is 174 g/mol. The van der Waals surface area contributed by atoms with Gasteiger partial charge in [0.2, 0.25) is 0 Å². The maximum Gasteiger partial charge on any atom is 0.322 e. The lowest BCUT2D eigenvalue weighted by Gasteiger charge is -2.26. The van der Waals surface area contributed by atoms with Gasteiger partial charge in [0, 0.05) is 13.1 Å². The molecule has 0 bridgehead atoms. The minimum absolute atomic E-state index is 0.263. The van der Waals surface area contributed by atoms with E-state index >= 15 is 0 Å². The zero-order chi connectivity index (χ0) is 9.14. The van der Waals surface area contributed by atoms with Crippen LogP contribution in [0, 0.1) is 0 Å². The first kappa shape index (κ1) is 8.95. The second-order valence-electron chi connectivity index (χ2n) is 2.61. The van der Waals surface area contributed by atoms with Crippen LogP contribution in [0.4, 0.5) is 0 Å². The normalized spacial score (nSPS) is 29.7. The summed E-state index contributed by atoms with van der Waals surface area (Å²) in [4.78, 5) is 20.9. The molecule has 1 aliphatic heterocycles. The van der Waals surface area contributed by atoms with Crippen LogP contribution < -0.4 is 10.6 Å². The molecule has 6 nitrogen and oxygen atoms in total. The van der Waals surface area contributed by atoms with Crippen LogP contribution in [0.15, 0.2) is 0 Å². The third-order valence-corrected chi connectivity index (χ3v) is 1.70. The molecular formula is C6H10N2O4. The molecule has 68 valence electrons. The van der Waals surface area contributed by atoms with E-state index in [1.165, 1.54) is 0 Å². The number of hydrogen-bond acceptors (Lipinski definition) is 4. The number of carboxylic acids is 2. The fraction of sp³-hybridized carbons (Fsp3) is 0.667. The number of aliphatic carboxylic acids is 2. The zero-order valence-corrected chi connectivity index (χ0v) is 6.28. The van der Waals surface area contributed by atoms with Crippen molar-refractivity contribution < 1.29 is 19.8 Å². The van der Waals surface area contributed by atoms with Gasteiger partial charge < -0.3 is 15.5 Å². The smallest absolute Gasteiger partial charge is 0.322 e. The lowest BCUT2D eigenvalue weighted by atomic mass is 10.1. The number of rotatable bonds is 2. The van der Waals surface area contributed by atoms with Crippen LogP contribution in [0.1, 0.15) is 0 Å². The van der Waals surface area contributed by atoms with Crippen molar-refractivity contribution >= 4 is 11.9 Å². The minimum atomic E-state index is -1.03. The Morgan fingerprint density at radius 2 is 1.50 bits per heavy atom. The van der Waals surface area contributed by atoms with Crippen LogP contribution in [-0.4, -0.2) is 47.3 Å². The van der Waals surface area contributed by atoms with Gasteiger partial charge in [-0.25, -0.2) is 0 Å². The van der Waals surface area contributed by atoms with E-state index in [9.17, 15) is 9.59 Å². The van der Waals surface area contributed by atoms with E-state index in [0.29, 0.717) is 0 Å². The number of hydrogen-bond donors (Lipinski definition) is 4. The van der Waals surface area contributed by atoms with E-state index in [4.69, 9.17) is 10.2 Å². The van der Waals surface area contributed by atoms with Gasteiger partial charge in [-0.05, 0) is 0 Å². The summed E-state index contributed by atoms with van der Waals surface area (Å²) in [7, 11) is 0. The molecule has 1 rings (SSSR count). The molecule has 2 atom stereocenters. The highest BCUT2D eigenvalue weighted by atomic mass is 16.4. The van der Waals surface area contributed by atoms with Crippen molar-refractivity contribution in [1.82, 2.24) is 10.6 Å². The predicted molar refractivity (Wildman–Crippen MR) is 38.9 cm³/mol. The van der Waals surface area contributed by atoms with Gasteiger partial charge in [0.1, 0.15) is 12.1 Å². The fourth-order valence-electron chi connectivity index (χ4n) is 1.05. The maximum atomic E-state index is 10.4. The Balaban J connectivity index is 2.51. The van der Waals surface area contributed by atoms with E-state index < -0.39 is 24.0 Å². The monoisotopic (exact) mass is 174 g/mol. The summed E-state index contributed by atoms with van der Waals surface area (Å²) in [6.45, 7) is 0.526. The number of carboxylic acid groups (broad SMARTS) is 2. The predicted octanol–water partition coefficient (Wildman–Crippen LogP) is -1.91. The minimum Gasteiger partial charge on any atom is -0.480 e. The highest BCUT2D eigenvalue weighted by molar-refractivity contribution is 5.78. The van der Waals surface area contributed by atoms with Gasteiger partial charge in [-0.2, -0.15) is 0 Å². The molecule has 1 fully saturated rings. The van der Waals surface area contributed by atoms with Crippen LogP contribution in [0.3, 0.4) is 0 Å². The Morgan fingerprint density at radius 1 is 1.08 bits per heavy atom. The summed E-state index contributed by atoms with van der Waals surface area (Å²) in [5.41, 5.74) is 0. The first-order chi connectivity index (χ1) is 5.61. The van der Waals surface area contributed by atoms with Gasteiger partial charge in [-0.15, -0.1) is 0 Å². The van der Waals surface area contributed by atoms with Gasteiger partial charge in [0.25, 0.3) is 0 Å². The summed E-state index contributed by atoms with van der Waals surface area (Å²) in [6, 6.07) is -1.61. The average Bonchev–Trinajstić information content (AvgIpc) is 2.04. The van der Waals surface area contributed by atoms with Crippen molar-refractivity contribution in [1.29, 1.82) is 0 Å². The Bertz CT molecular complexity index is 186. The molecule has 0 aromatic rings. The Hall–Kier alpha value is -1.14. The molecule has 1 saturated heterocycles. The lowest BCUT2D eigenvalue weighted by Crippen LogP contribution is -2.60. The standard InChI is InChI=1S/C6H10N2O4/c9-5(10)3-1-7-2-4(8-3)6(11)12/h3-4,7-8H,1-2H2,(H,9,10)(H,11,12)/t3-,4-/m0/s1. The van der Waals surface area contributed by atoms with E-state index in [0.717, 1.165) is 0 Å². The van der Waals surface area contributed by atoms with Crippen molar-refractivity contribution in [3.63, 3.8) is 0 Å². The Kier molecular flexibility index (Phi) is 2.61. The first-order valence-corrected chi connectivity index (χ1v) is 3.53. The molecule has 0 radical (unpaired) electrons. The molecule has 0 aromatic heterocycles. The molecule has 1 heterocycles. The quantitative estimate of drug-likeness (QED) is 0.390. The van der Waals surface area contributed by atoms with Crippen LogP contribution in [0.2, 0.25) is 0 Å². The van der Waals surface area contributed by atoms with Gasteiger partial charge in [-0.3, -0.25) is 14.9 Å². The molecule has 4 N–H and O–H groups in total. The highest BCUT2D eigenvalue weighted by Crippen LogP contribution is 1.94. The molecule has 0 unspecified atom stereocenters. The Labute approximate surface area is 68.6 Å². The number of carbonyl (C=O) groups is 2. The van der Waals surface area contributed by atoms with Crippen molar-refractivity contribution in [2.24, 2.45) is 0 Å². The van der Waals surface area contributed by atoms with E-state index in [1.54, 1.807) is 0 Å². The van der Waals surface area contributed by atoms with Gasteiger partial charge >= 0.3 is 11.9 Å². The summed E-state index contributed by atoms with van der Waals surface area (Å²) < 4.78 is 0. The molecule has 0 aromatic carbocycles. The number of piperazine rings is 1. The Morgan fingerprint density at radius 3 is 1.83 bits per heavy atom. The van der Waals surface area contributed by atoms with Crippen molar-refractivity contribution in [3.8, 4) is 0 Å². The lowest BCUT2D eigenvalue weighted by molar-refractivity contribution is -0.143. The van der Waals surface area contributed by atoms with Crippen molar-refractivity contribution in [3.05, 3.63) is 0 Å². The van der Waals surface area contributed by atoms with Crippen LogP contribution >= 0.6 is 0 Å². The zero-order valence-electron chi connectivity index (χ0n) is 6.28. The summed E-state index contributed by atoms with van der Waals surface area (Å²) in [6.07, 6.45) is 0. The number of nitrogens with one attached hydrogen (secondary N) is 2. The third-order valence-electron chi connectivity index (χ3n) is 1.70. The van der Waals surface area contributed by atoms with Crippen LogP contribution in [0.25, 0.3) is 0 Å². The highest BCUT2D eigenvalue weighted by Gasteiger charge is 2.29.